The van der Waals surface area contributed by atoms with E-state index in [1.807, 2.05) is 0 Å². The molecule has 6 rings (SSSR count). The lowest BCUT2D eigenvalue weighted by molar-refractivity contribution is -0.168. The van der Waals surface area contributed by atoms with Crippen LogP contribution in [0.2, 0.25) is 10.1 Å². The number of esters is 1. The van der Waals surface area contributed by atoms with Crippen LogP contribution in [-0.4, -0.2) is 55.3 Å². The molecule has 1 aliphatic heterocycles. The first-order chi connectivity index (χ1) is 26.1. The third-order valence-electron chi connectivity index (χ3n) is 11.8. The van der Waals surface area contributed by atoms with Crippen LogP contribution in [0.3, 0.4) is 0 Å². The first-order valence-corrected chi connectivity index (χ1v) is 23.2. The molecule has 6 nitrogen and oxygen atoms in total. The topological polar surface area (TPSA) is 63.2 Å². The summed E-state index contributed by atoms with van der Waals surface area (Å²) >= 11 is 0. The molecular weight excluding hydrogens is 717 g/mol. The summed E-state index contributed by atoms with van der Waals surface area (Å²) < 4.78 is 33.3. The van der Waals surface area contributed by atoms with Crippen LogP contribution in [0.1, 0.15) is 61.8 Å². The normalized spacial score (nSPS) is 21.9. The first kappa shape index (κ1) is 40.6. The molecule has 0 fully saturated rings. The van der Waals surface area contributed by atoms with E-state index < -0.39 is 33.6 Å². The van der Waals surface area contributed by atoms with Crippen LogP contribution in [0.15, 0.2) is 145 Å². The number of hydrogen-bond acceptors (Lipinski definition) is 6. The van der Waals surface area contributed by atoms with Gasteiger partial charge in [-0.1, -0.05) is 176 Å². The molecule has 4 aromatic rings. The summed E-state index contributed by atoms with van der Waals surface area (Å²) in [6.45, 7) is 18.8. The Bertz CT molecular complexity index is 1890. The highest BCUT2D eigenvalue weighted by molar-refractivity contribution is 7.00. The highest BCUT2D eigenvalue weighted by atomic mass is 28.4. The smallest absolute Gasteiger partial charge is 0.335 e. The van der Waals surface area contributed by atoms with Gasteiger partial charge in [-0.25, -0.2) is 4.79 Å². The van der Waals surface area contributed by atoms with Crippen molar-refractivity contribution in [3.05, 3.63) is 145 Å². The van der Waals surface area contributed by atoms with Gasteiger partial charge < -0.3 is 23.1 Å². The van der Waals surface area contributed by atoms with E-state index in [9.17, 15) is 4.79 Å². The maximum atomic E-state index is 13.4. The van der Waals surface area contributed by atoms with Gasteiger partial charge in [-0.3, -0.25) is 0 Å². The van der Waals surface area contributed by atoms with Gasteiger partial charge in [0.2, 0.25) is 0 Å². The van der Waals surface area contributed by atoms with Gasteiger partial charge in [0.1, 0.15) is 0 Å². The molecule has 4 aromatic carbocycles. The van der Waals surface area contributed by atoms with Crippen molar-refractivity contribution in [3.63, 3.8) is 0 Å². The average molecular weight is 775 g/mol. The van der Waals surface area contributed by atoms with Crippen LogP contribution in [0.5, 0.6) is 0 Å². The maximum absolute atomic E-state index is 13.4. The van der Waals surface area contributed by atoms with Crippen LogP contribution in [0.4, 0.5) is 0 Å². The van der Waals surface area contributed by atoms with Crippen LogP contribution in [0, 0.1) is 11.3 Å². The average Bonchev–Trinajstić information content (AvgIpc) is 3.49. The molecule has 1 heterocycles. The van der Waals surface area contributed by atoms with Gasteiger partial charge in [0.05, 0.1) is 18.1 Å². The van der Waals surface area contributed by atoms with E-state index in [0.717, 1.165) is 5.57 Å². The zero-order valence-corrected chi connectivity index (χ0v) is 36.1. The molecule has 0 amide bonds. The molecule has 0 radical (unpaired) electrons. The highest BCUT2D eigenvalue weighted by Gasteiger charge is 2.62. The van der Waals surface area contributed by atoms with Gasteiger partial charge in [0.15, 0.2) is 18.2 Å². The molecular formula is C47H58O6Si2. The fourth-order valence-corrected chi connectivity index (χ4v) is 18.3. The van der Waals surface area contributed by atoms with Crippen LogP contribution in [0.25, 0.3) is 0 Å². The summed E-state index contributed by atoms with van der Waals surface area (Å²) in [5.41, 5.74) is -0.808. The summed E-state index contributed by atoms with van der Waals surface area (Å²) in [6.07, 6.45) is 4.29. The van der Waals surface area contributed by atoms with Gasteiger partial charge in [0.25, 0.3) is 16.6 Å². The predicted octanol–water partition coefficient (Wildman–Crippen LogP) is 7.91. The van der Waals surface area contributed by atoms with Gasteiger partial charge in [0, 0.05) is 20.1 Å². The maximum Gasteiger partial charge on any atom is 0.335 e. The van der Waals surface area contributed by atoms with Gasteiger partial charge in [-0.05, 0) is 49.2 Å². The lowest BCUT2D eigenvalue weighted by Crippen LogP contribution is -2.68. The molecule has 55 heavy (non-hydrogen) atoms. The van der Waals surface area contributed by atoms with Crippen molar-refractivity contribution >= 4 is 43.4 Å². The molecule has 0 aromatic heterocycles. The fourth-order valence-electron chi connectivity index (χ4n) is 9.07. The number of methoxy groups -OCH3 is 1. The summed E-state index contributed by atoms with van der Waals surface area (Å²) in [5, 5.41) is 4.40. The Kier molecular flexibility index (Phi) is 11.7. The van der Waals surface area contributed by atoms with Gasteiger partial charge in [-0.2, -0.15) is 0 Å². The van der Waals surface area contributed by atoms with Crippen molar-refractivity contribution in [2.75, 3.05) is 27.1 Å². The van der Waals surface area contributed by atoms with Crippen molar-refractivity contribution in [2.45, 2.75) is 77.5 Å². The Morgan fingerprint density at radius 1 is 0.691 bits per heavy atom. The number of benzene rings is 4. The van der Waals surface area contributed by atoms with Crippen LogP contribution in [-0.2, 0) is 27.9 Å². The number of carbonyl (C=O) groups excluding carboxylic acids is 1. The fraction of sp³-hybridized carbons (Fsp3) is 0.383. The van der Waals surface area contributed by atoms with Crippen molar-refractivity contribution < 1.29 is 27.9 Å². The second kappa shape index (κ2) is 15.8. The van der Waals surface area contributed by atoms with Crippen LogP contribution >= 0.6 is 0 Å². The number of ether oxygens (including phenoxy) is 3. The molecule has 0 saturated heterocycles. The molecule has 0 N–H and O–H groups in total. The molecule has 8 heteroatoms. The number of rotatable bonds is 13. The van der Waals surface area contributed by atoms with Crippen molar-refractivity contribution in [3.8, 4) is 0 Å². The van der Waals surface area contributed by atoms with E-state index in [2.05, 4.69) is 183 Å². The van der Waals surface area contributed by atoms with E-state index in [-0.39, 0.29) is 29.4 Å². The second-order valence-electron chi connectivity index (χ2n) is 17.5. The molecule has 1 aliphatic carbocycles. The minimum Gasteiger partial charge on any atom is -0.467 e. The lowest BCUT2D eigenvalue weighted by Gasteiger charge is -2.52. The number of carbonyl (C=O) groups is 1. The third kappa shape index (κ3) is 7.35. The van der Waals surface area contributed by atoms with Crippen molar-refractivity contribution in [1.29, 1.82) is 0 Å². The Labute approximate surface area is 330 Å². The molecule has 3 atom stereocenters. The number of hydrogen-bond donors (Lipinski definition) is 0. The predicted molar refractivity (Wildman–Crippen MR) is 227 cm³/mol. The van der Waals surface area contributed by atoms with E-state index in [1.54, 1.807) is 7.11 Å². The Hall–Kier alpha value is -4.06. The summed E-state index contributed by atoms with van der Waals surface area (Å²) in [4.78, 5) is 13.4. The largest absolute Gasteiger partial charge is 0.467 e. The summed E-state index contributed by atoms with van der Waals surface area (Å²) in [6, 6.07) is 42.8. The van der Waals surface area contributed by atoms with Crippen molar-refractivity contribution in [2.24, 2.45) is 11.3 Å². The van der Waals surface area contributed by atoms with E-state index in [4.69, 9.17) is 23.1 Å². The van der Waals surface area contributed by atoms with E-state index >= 15 is 0 Å². The molecule has 290 valence electrons. The Balaban J connectivity index is 1.50. The highest BCUT2D eigenvalue weighted by Crippen LogP contribution is 2.55. The molecule has 0 unspecified atom stereocenters. The summed E-state index contributed by atoms with van der Waals surface area (Å²) in [7, 11) is -4.26. The lowest BCUT2D eigenvalue weighted by atomic mass is 9.63. The first-order valence-electron chi connectivity index (χ1n) is 19.4. The van der Waals surface area contributed by atoms with Crippen molar-refractivity contribution in [1.82, 2.24) is 0 Å². The standard InChI is InChI=1S/C47H58O6Si2/c1-36-31-47(42(50-35-49-9)30-43(48)53-47)46(8,34-52-55(45(5,6)7,40-26-18-12-19-27-40)41-28-20-13-21-29-41)32-37(36)33-51-54(44(2,3)4,38-22-14-10-15-23-38)39-24-16-11-17-25-39/h10-30,32,36H,31,33-35H2,1-9H3/t36-,46+,47-/m1/s1. The van der Waals surface area contributed by atoms with E-state index in [0.29, 0.717) is 18.8 Å². The molecule has 0 bridgehead atoms. The second-order valence-corrected chi connectivity index (χ2v) is 26.1. The Morgan fingerprint density at radius 2 is 1.11 bits per heavy atom. The molecule has 0 saturated carbocycles. The zero-order chi connectivity index (χ0) is 39.5. The monoisotopic (exact) mass is 774 g/mol. The molecule has 2 aliphatic rings. The van der Waals surface area contributed by atoms with E-state index in [1.165, 1.54) is 26.8 Å². The SMILES string of the molecule is COCOC1=CC(=O)O[C@]12C[C@@H](C)C(CO[Si](c1ccccc1)(c1ccccc1)C(C)(C)C)=C[C@@]2(C)CO[Si](c1ccccc1)(c1ccccc1)C(C)(C)C. The zero-order valence-electron chi connectivity index (χ0n) is 34.1. The van der Waals surface area contributed by atoms with Gasteiger partial charge >= 0.3 is 5.97 Å². The van der Waals surface area contributed by atoms with Gasteiger partial charge in [-0.15, -0.1) is 0 Å². The minimum absolute atomic E-state index is 0.000371. The third-order valence-corrected chi connectivity index (χ3v) is 21.7. The summed E-state index contributed by atoms with van der Waals surface area (Å²) in [5.74, 6) is 0.0536. The minimum atomic E-state index is -2.99. The van der Waals surface area contributed by atoms with Crippen LogP contribution < -0.4 is 20.7 Å². The quantitative estimate of drug-likeness (QED) is 0.0596. The molecule has 1 spiro atoms. The Morgan fingerprint density at radius 3 is 1.51 bits per heavy atom.